The summed E-state index contributed by atoms with van der Waals surface area (Å²) in [6.07, 6.45) is 0.972. The molecular weight excluding hydrogens is 324 g/mol. The third kappa shape index (κ3) is 3.89. The molecule has 0 spiro atoms. The lowest BCUT2D eigenvalue weighted by atomic mass is 9.98. The second kappa shape index (κ2) is 8.18. The van der Waals surface area contributed by atoms with Gasteiger partial charge in [-0.05, 0) is 29.7 Å². The van der Waals surface area contributed by atoms with E-state index in [1.807, 2.05) is 47.4 Å². The molecule has 24 heavy (non-hydrogen) atoms. The van der Waals surface area contributed by atoms with Crippen molar-refractivity contribution >= 4 is 18.3 Å². The van der Waals surface area contributed by atoms with E-state index in [-0.39, 0.29) is 18.3 Å². The summed E-state index contributed by atoms with van der Waals surface area (Å²) >= 11 is 0. The average molecular weight is 347 g/mol. The molecule has 0 aromatic heterocycles. The highest BCUT2D eigenvalue weighted by molar-refractivity contribution is 5.85. The van der Waals surface area contributed by atoms with Crippen LogP contribution >= 0.6 is 12.4 Å². The van der Waals surface area contributed by atoms with E-state index in [0.717, 1.165) is 30.8 Å². The van der Waals surface area contributed by atoms with Gasteiger partial charge in [0.25, 0.3) is 0 Å². The molecule has 1 saturated heterocycles. The largest absolute Gasteiger partial charge is 0.497 e. The molecule has 2 N–H and O–H groups in total. The number of benzene rings is 2. The highest BCUT2D eigenvalue weighted by Gasteiger charge is 2.30. The summed E-state index contributed by atoms with van der Waals surface area (Å²) in [6, 6.07) is 17.1. The van der Waals surface area contributed by atoms with Gasteiger partial charge >= 0.3 is 0 Å². The molecule has 1 aliphatic rings. The quantitative estimate of drug-likeness (QED) is 0.925. The Balaban J connectivity index is 0.00000208. The molecule has 5 heteroatoms. The van der Waals surface area contributed by atoms with Crippen molar-refractivity contribution in [2.75, 3.05) is 20.2 Å². The van der Waals surface area contributed by atoms with Crippen LogP contribution in [0.4, 0.5) is 0 Å². The van der Waals surface area contributed by atoms with Gasteiger partial charge in [-0.3, -0.25) is 4.79 Å². The Morgan fingerprint density at radius 2 is 1.83 bits per heavy atom. The van der Waals surface area contributed by atoms with Crippen molar-refractivity contribution in [3.05, 3.63) is 65.7 Å². The number of nitrogens with zero attached hydrogens (tertiary/aromatic N) is 1. The molecule has 2 aromatic carbocycles. The van der Waals surface area contributed by atoms with E-state index < -0.39 is 6.04 Å². The van der Waals surface area contributed by atoms with Crippen LogP contribution in [0.25, 0.3) is 0 Å². The molecule has 0 aliphatic carbocycles. The summed E-state index contributed by atoms with van der Waals surface area (Å²) in [5.74, 6) is 1.23. The number of hydrogen-bond acceptors (Lipinski definition) is 3. The van der Waals surface area contributed by atoms with E-state index in [9.17, 15) is 4.79 Å². The first-order chi connectivity index (χ1) is 11.2. The molecule has 1 aliphatic heterocycles. The number of carbonyl (C=O) groups is 1. The van der Waals surface area contributed by atoms with E-state index in [1.165, 1.54) is 5.56 Å². The van der Waals surface area contributed by atoms with E-state index in [0.29, 0.717) is 5.92 Å². The molecule has 0 radical (unpaired) electrons. The predicted molar refractivity (Wildman–Crippen MR) is 97.6 cm³/mol. The molecule has 128 valence electrons. The Hall–Kier alpha value is -2.04. The topological polar surface area (TPSA) is 55.6 Å². The number of halogens is 1. The SMILES string of the molecule is COc1ccc(C2CCN(C(=O)C(N)c3ccccc3)C2)cc1.Cl. The molecule has 3 rings (SSSR count). The highest BCUT2D eigenvalue weighted by atomic mass is 35.5. The smallest absolute Gasteiger partial charge is 0.244 e. The van der Waals surface area contributed by atoms with Gasteiger partial charge in [0.1, 0.15) is 11.8 Å². The van der Waals surface area contributed by atoms with Gasteiger partial charge in [-0.25, -0.2) is 0 Å². The predicted octanol–water partition coefficient (Wildman–Crippen LogP) is 3.13. The second-order valence-electron chi connectivity index (χ2n) is 5.93. The number of carbonyl (C=O) groups excluding carboxylic acids is 1. The van der Waals surface area contributed by atoms with Crippen molar-refractivity contribution in [2.45, 2.75) is 18.4 Å². The number of rotatable bonds is 4. The Labute approximate surface area is 149 Å². The average Bonchev–Trinajstić information content (AvgIpc) is 3.11. The van der Waals surface area contributed by atoms with E-state index in [4.69, 9.17) is 10.5 Å². The van der Waals surface area contributed by atoms with Gasteiger partial charge in [0.05, 0.1) is 7.11 Å². The van der Waals surface area contributed by atoms with Crippen LogP contribution in [0.1, 0.15) is 29.5 Å². The number of nitrogens with two attached hydrogens (primary N) is 1. The zero-order valence-corrected chi connectivity index (χ0v) is 14.5. The summed E-state index contributed by atoms with van der Waals surface area (Å²) in [5.41, 5.74) is 8.24. The first-order valence-corrected chi connectivity index (χ1v) is 7.92. The molecule has 1 amide bonds. The van der Waals surface area contributed by atoms with Gasteiger partial charge in [0.2, 0.25) is 5.91 Å². The van der Waals surface area contributed by atoms with Crippen molar-refractivity contribution in [1.82, 2.24) is 4.90 Å². The molecule has 1 heterocycles. The molecule has 2 aromatic rings. The Morgan fingerprint density at radius 1 is 1.17 bits per heavy atom. The minimum absolute atomic E-state index is 0. The molecule has 0 bridgehead atoms. The summed E-state index contributed by atoms with van der Waals surface area (Å²) in [4.78, 5) is 14.5. The Morgan fingerprint density at radius 3 is 2.46 bits per heavy atom. The third-order valence-corrected chi connectivity index (χ3v) is 4.51. The molecule has 2 unspecified atom stereocenters. The van der Waals surface area contributed by atoms with Crippen LogP contribution in [0.5, 0.6) is 5.75 Å². The normalized spacial score (nSPS) is 17.9. The summed E-state index contributed by atoms with van der Waals surface area (Å²) in [5, 5.41) is 0. The zero-order valence-electron chi connectivity index (χ0n) is 13.7. The number of hydrogen-bond donors (Lipinski definition) is 1. The standard InChI is InChI=1S/C19H22N2O2.ClH/c1-23-17-9-7-14(8-10-17)16-11-12-21(13-16)19(22)18(20)15-5-3-2-4-6-15;/h2-10,16,18H,11-13,20H2,1H3;1H. The van der Waals surface area contributed by atoms with Crippen LogP contribution < -0.4 is 10.5 Å². The van der Waals surface area contributed by atoms with Crippen LogP contribution in [0, 0.1) is 0 Å². The highest BCUT2D eigenvalue weighted by Crippen LogP contribution is 2.29. The van der Waals surface area contributed by atoms with Gasteiger partial charge < -0.3 is 15.4 Å². The fourth-order valence-corrected chi connectivity index (χ4v) is 3.11. The Kier molecular flexibility index (Phi) is 6.23. The molecule has 0 saturated carbocycles. The lowest BCUT2D eigenvalue weighted by Gasteiger charge is -2.21. The zero-order chi connectivity index (χ0) is 16.2. The van der Waals surface area contributed by atoms with E-state index in [2.05, 4.69) is 12.1 Å². The molecule has 4 nitrogen and oxygen atoms in total. The maximum atomic E-state index is 12.6. The Bertz CT molecular complexity index is 661. The minimum Gasteiger partial charge on any atom is -0.497 e. The third-order valence-electron chi connectivity index (χ3n) is 4.51. The molecular formula is C19H23ClN2O2. The second-order valence-corrected chi connectivity index (χ2v) is 5.93. The van der Waals surface area contributed by atoms with Crippen LogP contribution in [0.15, 0.2) is 54.6 Å². The number of likely N-dealkylation sites (tertiary alicyclic amines) is 1. The molecule has 1 fully saturated rings. The number of amides is 1. The van der Waals surface area contributed by atoms with Crippen LogP contribution in [0.2, 0.25) is 0 Å². The van der Waals surface area contributed by atoms with Gasteiger partial charge in [0.15, 0.2) is 0 Å². The van der Waals surface area contributed by atoms with Crippen molar-refractivity contribution in [2.24, 2.45) is 5.73 Å². The molecule has 2 atom stereocenters. The monoisotopic (exact) mass is 346 g/mol. The first-order valence-electron chi connectivity index (χ1n) is 7.92. The first kappa shape index (κ1) is 18.3. The van der Waals surface area contributed by atoms with Crippen LogP contribution in [0.3, 0.4) is 0 Å². The van der Waals surface area contributed by atoms with Crippen molar-refractivity contribution in [1.29, 1.82) is 0 Å². The van der Waals surface area contributed by atoms with Crippen LogP contribution in [-0.2, 0) is 4.79 Å². The van der Waals surface area contributed by atoms with Crippen LogP contribution in [-0.4, -0.2) is 31.0 Å². The fourth-order valence-electron chi connectivity index (χ4n) is 3.11. The number of ether oxygens (including phenoxy) is 1. The summed E-state index contributed by atoms with van der Waals surface area (Å²) < 4.78 is 5.19. The van der Waals surface area contributed by atoms with Gasteiger partial charge in [0, 0.05) is 19.0 Å². The minimum atomic E-state index is -0.578. The maximum Gasteiger partial charge on any atom is 0.244 e. The fraction of sp³-hybridized carbons (Fsp3) is 0.316. The van der Waals surface area contributed by atoms with E-state index in [1.54, 1.807) is 7.11 Å². The van der Waals surface area contributed by atoms with Gasteiger partial charge in [-0.15, -0.1) is 12.4 Å². The van der Waals surface area contributed by atoms with E-state index >= 15 is 0 Å². The lowest BCUT2D eigenvalue weighted by Crippen LogP contribution is -2.36. The summed E-state index contributed by atoms with van der Waals surface area (Å²) in [7, 11) is 1.66. The van der Waals surface area contributed by atoms with Crippen molar-refractivity contribution in [3.8, 4) is 5.75 Å². The number of methoxy groups -OCH3 is 1. The van der Waals surface area contributed by atoms with Crippen molar-refractivity contribution in [3.63, 3.8) is 0 Å². The van der Waals surface area contributed by atoms with Gasteiger partial charge in [-0.2, -0.15) is 0 Å². The van der Waals surface area contributed by atoms with Gasteiger partial charge in [-0.1, -0.05) is 42.5 Å². The maximum absolute atomic E-state index is 12.6. The lowest BCUT2D eigenvalue weighted by molar-refractivity contribution is -0.131. The van der Waals surface area contributed by atoms with Crippen molar-refractivity contribution < 1.29 is 9.53 Å². The summed E-state index contributed by atoms with van der Waals surface area (Å²) in [6.45, 7) is 1.49.